The van der Waals surface area contributed by atoms with E-state index in [0.29, 0.717) is 57.2 Å². The number of nitrogens with one attached hydrogen (secondary N) is 2. The number of carbonyl (C=O) groups is 2. The van der Waals surface area contributed by atoms with E-state index in [2.05, 4.69) is 30.6 Å². The van der Waals surface area contributed by atoms with E-state index in [9.17, 15) is 35.9 Å². The van der Waals surface area contributed by atoms with Crippen molar-refractivity contribution in [1.29, 1.82) is 0 Å². The van der Waals surface area contributed by atoms with Crippen molar-refractivity contribution in [2.45, 2.75) is 154 Å². The van der Waals surface area contributed by atoms with Crippen LogP contribution in [0.1, 0.15) is 103 Å². The smallest absolute Gasteiger partial charge is 0.407 e. The summed E-state index contributed by atoms with van der Waals surface area (Å²) in [5.41, 5.74) is -1.13. The van der Waals surface area contributed by atoms with E-state index in [1.54, 1.807) is 26.8 Å². The Morgan fingerprint density at radius 1 is 0.705 bits per heavy atom. The third-order valence-corrected chi connectivity index (χ3v) is 12.2. The van der Waals surface area contributed by atoms with E-state index in [1.165, 1.54) is 6.07 Å². The van der Waals surface area contributed by atoms with Gasteiger partial charge in [0.2, 0.25) is 5.28 Å². The van der Waals surface area contributed by atoms with Crippen LogP contribution in [0.4, 0.5) is 47.6 Å². The summed E-state index contributed by atoms with van der Waals surface area (Å²) in [6.45, 7) is 12.8. The molecule has 12 nitrogen and oxygen atoms in total. The van der Waals surface area contributed by atoms with Crippen molar-refractivity contribution in [3.05, 3.63) is 33.0 Å². The molecular weight excluding hydrogens is 870 g/mol. The van der Waals surface area contributed by atoms with Crippen molar-refractivity contribution in [2.24, 2.45) is 0 Å². The molecule has 0 bridgehead atoms. The number of anilines is 2. The lowest BCUT2D eigenvalue weighted by Crippen LogP contribution is -2.39. The topological polar surface area (TPSA) is 135 Å². The molecule has 0 radical (unpaired) electrons. The Labute approximate surface area is 364 Å². The van der Waals surface area contributed by atoms with Crippen molar-refractivity contribution < 1.29 is 45.4 Å². The first-order chi connectivity index (χ1) is 28.1. The maximum absolute atomic E-state index is 12.9. The third-order valence-electron chi connectivity index (χ3n) is 9.95. The molecule has 2 saturated carbocycles. The largest absolute Gasteiger partial charge is 0.444 e. The van der Waals surface area contributed by atoms with Gasteiger partial charge in [-0.1, -0.05) is 6.92 Å². The number of halogens is 7. The van der Waals surface area contributed by atoms with Crippen molar-refractivity contribution in [2.75, 3.05) is 23.9 Å². The van der Waals surface area contributed by atoms with Gasteiger partial charge < -0.3 is 29.9 Å². The predicted molar refractivity (Wildman–Crippen MR) is 227 cm³/mol. The van der Waals surface area contributed by atoms with Gasteiger partial charge in [0.1, 0.15) is 38.3 Å². The van der Waals surface area contributed by atoms with Gasteiger partial charge in [-0.3, -0.25) is 0 Å². The monoisotopic (exact) mass is 922 g/mol. The molecule has 0 aliphatic heterocycles. The minimum atomic E-state index is -4.30. The molecule has 21 heteroatoms. The van der Waals surface area contributed by atoms with E-state index in [-0.39, 0.29) is 39.2 Å². The number of alkyl halides is 6. The molecule has 2 aliphatic carbocycles. The molecule has 2 aliphatic rings. The first kappa shape index (κ1) is 48.1. The van der Waals surface area contributed by atoms with Gasteiger partial charge in [-0.05, 0) is 104 Å². The number of amides is 2. The number of nitrogens with zero attached hydrogens (tertiary/aromatic N) is 6. The zero-order valence-corrected chi connectivity index (χ0v) is 38.0. The molecule has 4 heterocycles. The van der Waals surface area contributed by atoms with Gasteiger partial charge in [-0.2, -0.15) is 31.3 Å². The lowest BCUT2D eigenvalue weighted by atomic mass is 10.2. The Bertz CT molecular complexity index is 2170. The van der Waals surface area contributed by atoms with Crippen LogP contribution in [-0.2, 0) is 28.7 Å². The number of aryl methyl sites for hydroxylation is 1. The normalized spacial score (nSPS) is 19.7. The summed E-state index contributed by atoms with van der Waals surface area (Å²) in [6.07, 6.45) is -6.28. The van der Waals surface area contributed by atoms with Crippen molar-refractivity contribution in [3.8, 4) is 0 Å². The second kappa shape index (κ2) is 18.8. The second-order valence-electron chi connectivity index (χ2n) is 17.4. The maximum atomic E-state index is 12.9. The molecule has 4 aromatic rings. The number of hydrogen-bond acceptors (Lipinski definition) is 12. The van der Waals surface area contributed by atoms with Crippen LogP contribution < -0.4 is 20.4 Å². The van der Waals surface area contributed by atoms with Gasteiger partial charge in [-0.25, -0.2) is 24.5 Å². The van der Waals surface area contributed by atoms with Crippen LogP contribution in [0.2, 0.25) is 5.28 Å². The summed E-state index contributed by atoms with van der Waals surface area (Å²) in [6, 6.07) is 3.13. The highest BCUT2D eigenvalue weighted by molar-refractivity contribution is 7.19. The molecule has 4 atom stereocenters. The molecular formula is C40H53ClF6N8O4S2. The maximum Gasteiger partial charge on any atom is 0.407 e. The average Bonchev–Trinajstić information content (AvgIpc) is 3.90. The first-order valence-corrected chi connectivity index (χ1v) is 22.0. The number of hydrogen-bond donors (Lipinski definition) is 2. The van der Waals surface area contributed by atoms with Crippen LogP contribution in [-0.4, -0.2) is 93.9 Å². The molecule has 2 fully saturated rings. The summed E-state index contributed by atoms with van der Waals surface area (Å²) in [5.74, 6) is 1.75. The molecule has 0 saturated heterocycles. The fraction of sp³-hybridized carbons (Fsp3) is 0.650. The summed E-state index contributed by atoms with van der Waals surface area (Å²) in [5, 5.41) is 6.99. The second-order valence-corrected chi connectivity index (χ2v) is 20.0. The zero-order chi connectivity index (χ0) is 45.2. The Hall–Kier alpha value is -3.91. The molecule has 2 amide bonds. The van der Waals surface area contributed by atoms with E-state index >= 15 is 0 Å². The first-order valence-electron chi connectivity index (χ1n) is 20.0. The number of carbonyl (C=O) groups excluding carboxylic acids is 2. The van der Waals surface area contributed by atoms with Gasteiger partial charge in [-0.15, -0.1) is 22.7 Å². The molecule has 4 aromatic heterocycles. The average molecular weight is 923 g/mol. The van der Waals surface area contributed by atoms with Gasteiger partial charge in [0.05, 0.1) is 23.6 Å². The fourth-order valence-corrected chi connectivity index (χ4v) is 9.71. The van der Waals surface area contributed by atoms with E-state index in [1.807, 2.05) is 51.6 Å². The number of alkyl carbamates (subject to hydrolysis) is 2. The Balaban J connectivity index is 0.000000231. The summed E-state index contributed by atoms with van der Waals surface area (Å²) in [4.78, 5) is 46.9. The molecule has 0 aromatic carbocycles. The Morgan fingerprint density at radius 2 is 1.11 bits per heavy atom. The highest BCUT2D eigenvalue weighted by Crippen LogP contribution is 2.39. The van der Waals surface area contributed by atoms with E-state index < -0.39 is 48.6 Å². The standard InChI is InChI=1S/C21H29F3N4O2S.C19H24ClF3N4O2S/c1-6-16-26-17(15-10-14(11-21(22,23)24)31-18(15)27-16)28(5)13-8-7-12(9-13)25-19(29)30-20(2,3)4;1-18(2,3)29-17(28)24-10-5-6-11(7-10)27(4)14-13-8-12(9-19(21,22)23)30-15(13)26-16(20)25-14/h10,12-13H,6-9,11H2,1-5H3,(H,25,29);8,10-11H,5-7,9H2,1-4H3,(H,24,28)/t12-,13+;10-,11+/m00/s1. The van der Waals surface area contributed by atoms with Crippen LogP contribution in [0.25, 0.3) is 20.4 Å². The molecule has 338 valence electrons. The van der Waals surface area contributed by atoms with E-state index in [0.717, 1.165) is 48.4 Å². The fourth-order valence-electron chi connectivity index (χ4n) is 7.37. The highest BCUT2D eigenvalue weighted by Gasteiger charge is 2.35. The number of aromatic nitrogens is 4. The van der Waals surface area contributed by atoms with Crippen LogP contribution in [0.3, 0.4) is 0 Å². The van der Waals surface area contributed by atoms with Crippen molar-refractivity contribution >= 4 is 78.5 Å². The summed E-state index contributed by atoms with van der Waals surface area (Å²) in [7, 11) is 3.74. The number of fused-ring (bicyclic) bond motifs is 2. The molecule has 61 heavy (non-hydrogen) atoms. The lowest BCUT2D eigenvalue weighted by Gasteiger charge is -2.27. The zero-order valence-electron chi connectivity index (χ0n) is 35.6. The summed E-state index contributed by atoms with van der Waals surface area (Å²) < 4.78 is 87.7. The SMILES string of the molecule is CCc1nc(N(C)[C@@H]2CC[C@H](NC(=O)OC(C)(C)C)C2)c2cc(CC(F)(F)F)sc2n1.CN(c1nc(Cl)nc2sc(CC(F)(F)F)cc12)[C@@H]1CC[C@H](NC(=O)OC(C)(C)C)C1. The van der Waals surface area contributed by atoms with Gasteiger partial charge in [0, 0.05) is 54.4 Å². The predicted octanol–water partition coefficient (Wildman–Crippen LogP) is 10.6. The van der Waals surface area contributed by atoms with Crippen LogP contribution in [0, 0.1) is 0 Å². The highest BCUT2D eigenvalue weighted by atomic mass is 35.5. The van der Waals surface area contributed by atoms with Gasteiger partial charge in [0.15, 0.2) is 0 Å². The van der Waals surface area contributed by atoms with Crippen molar-refractivity contribution in [1.82, 2.24) is 30.6 Å². The van der Waals surface area contributed by atoms with Gasteiger partial charge >= 0.3 is 24.5 Å². The van der Waals surface area contributed by atoms with Crippen molar-refractivity contribution in [3.63, 3.8) is 0 Å². The number of thiophene rings is 2. The van der Waals surface area contributed by atoms with Crippen LogP contribution >= 0.6 is 34.3 Å². The Kier molecular flexibility index (Phi) is 14.9. The lowest BCUT2D eigenvalue weighted by molar-refractivity contribution is -0.127. The molecule has 2 N–H and O–H groups in total. The minimum absolute atomic E-state index is 0.00816. The Morgan fingerprint density at radius 3 is 1.51 bits per heavy atom. The molecule has 0 spiro atoms. The van der Waals surface area contributed by atoms with Crippen LogP contribution in [0.5, 0.6) is 0 Å². The molecule has 0 unspecified atom stereocenters. The minimum Gasteiger partial charge on any atom is -0.444 e. The summed E-state index contributed by atoms with van der Waals surface area (Å²) >= 11 is 8.08. The number of ether oxygens (including phenoxy) is 2. The molecule has 6 rings (SSSR count). The van der Waals surface area contributed by atoms with Crippen LogP contribution in [0.15, 0.2) is 12.1 Å². The number of rotatable bonds is 9. The van der Waals surface area contributed by atoms with E-state index in [4.69, 9.17) is 21.1 Å². The van der Waals surface area contributed by atoms with Gasteiger partial charge in [0.25, 0.3) is 0 Å². The quantitative estimate of drug-likeness (QED) is 0.123. The third kappa shape index (κ3) is 14.0.